The first-order valence-corrected chi connectivity index (χ1v) is 11.7. The van der Waals surface area contributed by atoms with Gasteiger partial charge in [0.15, 0.2) is 5.82 Å². The molecule has 10 heteroatoms. The van der Waals surface area contributed by atoms with Crippen molar-refractivity contribution in [3.63, 3.8) is 0 Å². The molecule has 2 aromatic carbocycles. The molecule has 3 aromatic rings. The number of hydrogen-bond acceptors (Lipinski definition) is 5. The lowest BCUT2D eigenvalue weighted by molar-refractivity contribution is 0.282. The second kappa shape index (κ2) is 8.09. The summed E-state index contributed by atoms with van der Waals surface area (Å²) in [4.78, 5) is 31.0. The molecule has 4 rings (SSSR count). The summed E-state index contributed by atoms with van der Waals surface area (Å²) in [5.74, 6) is 0.0972. The number of phosphoric ester groups is 1. The SMILES string of the molecule is CCc1cc(-c2n[nH]c(=O)n2-c2ccc3c(c2)C(C)=CCC3C)c(O)cc1OP(=O)(O)O. The fraction of sp³-hybridized carbons (Fsp3) is 0.273. The van der Waals surface area contributed by atoms with E-state index in [1.807, 2.05) is 25.1 Å². The van der Waals surface area contributed by atoms with E-state index >= 15 is 0 Å². The number of aromatic hydroxyl groups is 1. The number of phenols is 1. The summed E-state index contributed by atoms with van der Waals surface area (Å²) < 4.78 is 17.3. The van der Waals surface area contributed by atoms with E-state index in [9.17, 15) is 14.5 Å². The molecule has 1 aromatic heterocycles. The zero-order valence-corrected chi connectivity index (χ0v) is 18.8. The Morgan fingerprint density at radius 2 is 2.00 bits per heavy atom. The number of phenolic OH excluding ortho intramolecular Hbond substituents is 1. The molecule has 1 atom stereocenters. The van der Waals surface area contributed by atoms with Gasteiger partial charge in [0.2, 0.25) is 0 Å². The fourth-order valence-corrected chi connectivity index (χ4v) is 4.47. The minimum Gasteiger partial charge on any atom is -0.507 e. The van der Waals surface area contributed by atoms with Gasteiger partial charge in [0, 0.05) is 6.07 Å². The molecule has 1 unspecified atom stereocenters. The van der Waals surface area contributed by atoms with Gasteiger partial charge >= 0.3 is 13.5 Å². The van der Waals surface area contributed by atoms with Crippen LogP contribution in [0, 0.1) is 0 Å². The van der Waals surface area contributed by atoms with Crippen molar-refractivity contribution in [1.82, 2.24) is 14.8 Å². The van der Waals surface area contributed by atoms with Gasteiger partial charge in [0.25, 0.3) is 0 Å². The molecule has 0 saturated heterocycles. The number of rotatable bonds is 5. The van der Waals surface area contributed by atoms with E-state index in [4.69, 9.17) is 14.3 Å². The van der Waals surface area contributed by atoms with Crippen LogP contribution in [0.3, 0.4) is 0 Å². The maximum Gasteiger partial charge on any atom is 0.524 e. The Labute approximate surface area is 184 Å². The van der Waals surface area contributed by atoms with Crippen LogP contribution in [0.5, 0.6) is 11.5 Å². The molecule has 0 spiro atoms. The number of H-pyrrole nitrogens is 1. The van der Waals surface area contributed by atoms with Crippen LogP contribution < -0.4 is 10.2 Å². The summed E-state index contributed by atoms with van der Waals surface area (Å²) in [6.45, 7) is 5.97. The van der Waals surface area contributed by atoms with Crippen molar-refractivity contribution in [3.8, 4) is 28.6 Å². The van der Waals surface area contributed by atoms with Crippen molar-refractivity contribution in [2.24, 2.45) is 0 Å². The van der Waals surface area contributed by atoms with Gasteiger partial charge in [0.05, 0.1) is 11.3 Å². The van der Waals surface area contributed by atoms with Gasteiger partial charge in [-0.1, -0.05) is 26.0 Å². The monoisotopic (exact) mass is 457 g/mol. The topological polar surface area (TPSA) is 138 Å². The van der Waals surface area contributed by atoms with Crippen LogP contribution in [0.25, 0.3) is 22.6 Å². The Bertz CT molecular complexity index is 1330. The van der Waals surface area contributed by atoms with Gasteiger partial charge in [-0.3, -0.25) is 9.79 Å². The van der Waals surface area contributed by atoms with Gasteiger partial charge in [0.1, 0.15) is 11.5 Å². The highest BCUT2D eigenvalue weighted by Crippen LogP contribution is 2.43. The number of allylic oxidation sites excluding steroid dienone is 2. The summed E-state index contributed by atoms with van der Waals surface area (Å²) in [7, 11) is -4.80. The number of nitrogens with one attached hydrogen (secondary N) is 1. The molecule has 168 valence electrons. The van der Waals surface area contributed by atoms with Crippen molar-refractivity contribution >= 4 is 13.4 Å². The third-order valence-electron chi connectivity index (χ3n) is 5.72. The number of fused-ring (bicyclic) bond motifs is 1. The number of nitrogens with zero attached hydrogens (tertiary/aromatic N) is 2. The van der Waals surface area contributed by atoms with Gasteiger partial charge in [-0.2, -0.15) is 5.10 Å². The lowest BCUT2D eigenvalue weighted by Crippen LogP contribution is -2.16. The van der Waals surface area contributed by atoms with Gasteiger partial charge in [-0.15, -0.1) is 0 Å². The Morgan fingerprint density at radius 1 is 1.25 bits per heavy atom. The highest BCUT2D eigenvalue weighted by Gasteiger charge is 2.24. The third-order valence-corrected chi connectivity index (χ3v) is 6.15. The van der Waals surface area contributed by atoms with Crippen molar-refractivity contribution in [1.29, 1.82) is 0 Å². The van der Waals surface area contributed by atoms with E-state index < -0.39 is 13.5 Å². The fourth-order valence-electron chi connectivity index (χ4n) is 4.04. The van der Waals surface area contributed by atoms with E-state index in [2.05, 4.69) is 23.2 Å². The number of benzene rings is 2. The number of phosphoric acid groups is 1. The first-order valence-electron chi connectivity index (χ1n) is 10.2. The van der Waals surface area contributed by atoms with E-state index in [0.29, 0.717) is 23.6 Å². The number of aryl methyl sites for hydroxylation is 1. The minimum atomic E-state index is -4.80. The van der Waals surface area contributed by atoms with Gasteiger partial charge in [-0.25, -0.2) is 19.0 Å². The molecule has 9 nitrogen and oxygen atoms in total. The quantitative estimate of drug-likeness (QED) is 0.427. The van der Waals surface area contributed by atoms with Gasteiger partial charge in [-0.05, 0) is 66.1 Å². The Kier molecular flexibility index (Phi) is 5.58. The summed E-state index contributed by atoms with van der Waals surface area (Å²) in [5, 5.41) is 17.1. The Morgan fingerprint density at radius 3 is 2.69 bits per heavy atom. The van der Waals surface area contributed by atoms with E-state index in [-0.39, 0.29) is 22.9 Å². The summed E-state index contributed by atoms with van der Waals surface area (Å²) in [6.07, 6.45) is 3.51. The molecule has 32 heavy (non-hydrogen) atoms. The molecule has 0 fully saturated rings. The second-order valence-corrected chi connectivity index (χ2v) is 9.06. The van der Waals surface area contributed by atoms with Crippen molar-refractivity contribution in [2.45, 2.75) is 39.5 Å². The first-order chi connectivity index (χ1) is 15.1. The highest BCUT2D eigenvalue weighted by atomic mass is 31.2. The zero-order chi connectivity index (χ0) is 23.2. The zero-order valence-electron chi connectivity index (χ0n) is 17.9. The molecule has 1 aliphatic rings. The molecule has 0 aliphatic heterocycles. The van der Waals surface area contributed by atoms with Crippen molar-refractivity contribution < 1.29 is 24.0 Å². The smallest absolute Gasteiger partial charge is 0.507 e. The summed E-state index contributed by atoms with van der Waals surface area (Å²) in [5.41, 5.74) is 4.20. The average Bonchev–Trinajstić information content (AvgIpc) is 3.11. The molecule has 1 aliphatic carbocycles. The van der Waals surface area contributed by atoms with Crippen LogP contribution in [-0.2, 0) is 11.0 Å². The molecule has 0 radical (unpaired) electrons. The van der Waals surface area contributed by atoms with Crippen LogP contribution >= 0.6 is 7.82 Å². The molecule has 0 saturated carbocycles. The second-order valence-electron chi connectivity index (χ2n) is 7.90. The van der Waals surface area contributed by atoms with Crippen LogP contribution in [0.1, 0.15) is 49.8 Å². The third kappa shape index (κ3) is 4.02. The summed E-state index contributed by atoms with van der Waals surface area (Å²) in [6, 6.07) is 8.41. The van der Waals surface area contributed by atoms with E-state index in [1.54, 1.807) is 6.92 Å². The standard InChI is InChI=1S/C22H24N3O6P/c1-4-14-9-18(19(26)11-20(14)31-32(28,29)30)21-23-24-22(27)25(21)15-7-8-16-12(2)5-6-13(3)17(16)10-15/h6-12,26H,4-5H2,1-3H3,(H,24,27)(H2,28,29,30). The molecule has 4 N–H and O–H groups in total. The Balaban J connectivity index is 1.86. The predicted molar refractivity (Wildman–Crippen MR) is 120 cm³/mol. The lowest BCUT2D eigenvalue weighted by Gasteiger charge is -2.22. The number of hydrogen-bond donors (Lipinski definition) is 4. The largest absolute Gasteiger partial charge is 0.524 e. The molecule has 0 amide bonds. The molecular weight excluding hydrogens is 433 g/mol. The molecule has 1 heterocycles. The number of aromatic amines is 1. The van der Waals surface area contributed by atoms with E-state index in [0.717, 1.165) is 23.6 Å². The van der Waals surface area contributed by atoms with Crippen LogP contribution in [0.4, 0.5) is 0 Å². The average molecular weight is 457 g/mol. The molecular formula is C22H24N3O6P. The predicted octanol–water partition coefficient (Wildman–Crippen LogP) is 3.88. The van der Waals surface area contributed by atoms with Crippen LogP contribution in [0.2, 0.25) is 0 Å². The van der Waals surface area contributed by atoms with Crippen LogP contribution in [-0.4, -0.2) is 29.7 Å². The minimum absolute atomic E-state index is 0.130. The highest BCUT2D eigenvalue weighted by molar-refractivity contribution is 7.46. The van der Waals surface area contributed by atoms with Crippen molar-refractivity contribution in [3.05, 3.63) is 63.6 Å². The van der Waals surface area contributed by atoms with E-state index in [1.165, 1.54) is 16.2 Å². The number of aromatic nitrogens is 3. The maximum absolute atomic E-state index is 12.7. The lowest BCUT2D eigenvalue weighted by atomic mass is 9.84. The normalized spacial score (nSPS) is 15.9. The first kappa shape index (κ1) is 22.1. The Hall–Kier alpha value is -3.13. The van der Waals surface area contributed by atoms with Crippen LogP contribution in [0.15, 0.2) is 41.2 Å². The molecule has 0 bridgehead atoms. The summed E-state index contributed by atoms with van der Waals surface area (Å²) >= 11 is 0. The van der Waals surface area contributed by atoms with Gasteiger partial charge < -0.3 is 9.63 Å². The maximum atomic E-state index is 12.7. The van der Waals surface area contributed by atoms with Crippen molar-refractivity contribution in [2.75, 3.05) is 0 Å².